The fourth-order valence-corrected chi connectivity index (χ4v) is 3.06. The van der Waals surface area contributed by atoms with Crippen molar-refractivity contribution in [1.82, 2.24) is 10.2 Å². The van der Waals surface area contributed by atoms with Crippen molar-refractivity contribution in [2.24, 2.45) is 4.99 Å². The Labute approximate surface area is 163 Å². The van der Waals surface area contributed by atoms with Crippen LogP contribution in [0.4, 0.5) is 0 Å². The quantitative estimate of drug-likeness (QED) is 0.264. The second kappa shape index (κ2) is 13.1. The fraction of sp³-hybridized carbons (Fsp3) is 0.941. The molecule has 0 saturated carbocycles. The van der Waals surface area contributed by atoms with Gasteiger partial charge < -0.3 is 24.4 Å². The molecule has 142 valence electrons. The molecule has 2 aliphatic rings. The number of ether oxygens (including phenoxy) is 3. The van der Waals surface area contributed by atoms with Crippen molar-refractivity contribution >= 4 is 29.9 Å². The van der Waals surface area contributed by atoms with Gasteiger partial charge in [0.25, 0.3) is 0 Å². The number of hydrogen-bond donors (Lipinski definition) is 1. The summed E-state index contributed by atoms with van der Waals surface area (Å²) < 4.78 is 17.1. The Morgan fingerprint density at radius 1 is 1.21 bits per heavy atom. The third-order valence-corrected chi connectivity index (χ3v) is 4.27. The summed E-state index contributed by atoms with van der Waals surface area (Å²) in [6.45, 7) is 10.9. The molecular formula is C17H34IN3O3. The monoisotopic (exact) mass is 455 g/mol. The van der Waals surface area contributed by atoms with Gasteiger partial charge in [0.05, 0.1) is 12.7 Å². The number of rotatable bonds is 8. The Hall–Kier alpha value is -0.120. The number of unbranched alkanes of at least 4 members (excludes halogenated alkanes) is 1. The Kier molecular flexibility index (Phi) is 12.0. The van der Waals surface area contributed by atoms with Crippen LogP contribution in [-0.2, 0) is 14.2 Å². The molecule has 0 aromatic heterocycles. The molecule has 2 unspecified atom stereocenters. The van der Waals surface area contributed by atoms with E-state index < -0.39 is 0 Å². The number of morpholine rings is 1. The molecule has 2 rings (SSSR count). The van der Waals surface area contributed by atoms with Crippen molar-refractivity contribution in [1.29, 1.82) is 0 Å². The van der Waals surface area contributed by atoms with E-state index >= 15 is 0 Å². The topological polar surface area (TPSA) is 55.3 Å². The molecule has 0 radical (unpaired) electrons. The van der Waals surface area contributed by atoms with Gasteiger partial charge in [0.2, 0.25) is 0 Å². The summed E-state index contributed by atoms with van der Waals surface area (Å²) in [7, 11) is 0. The summed E-state index contributed by atoms with van der Waals surface area (Å²) in [5.74, 6) is 1.01. The predicted octanol–water partition coefficient (Wildman–Crippen LogP) is 2.27. The van der Waals surface area contributed by atoms with Crippen LogP contribution >= 0.6 is 24.0 Å². The smallest absolute Gasteiger partial charge is 0.194 e. The van der Waals surface area contributed by atoms with Gasteiger partial charge in [-0.25, -0.2) is 0 Å². The molecule has 24 heavy (non-hydrogen) atoms. The minimum atomic E-state index is 0. The molecule has 2 atom stereocenters. The number of halogens is 1. The van der Waals surface area contributed by atoms with Crippen molar-refractivity contribution in [3.8, 4) is 0 Å². The second-order valence-electron chi connectivity index (χ2n) is 6.05. The highest BCUT2D eigenvalue weighted by Gasteiger charge is 2.32. The zero-order valence-electron chi connectivity index (χ0n) is 15.2. The average molecular weight is 455 g/mol. The molecule has 1 N–H and O–H groups in total. The average Bonchev–Trinajstić information content (AvgIpc) is 3.12. The molecule has 0 amide bonds. The van der Waals surface area contributed by atoms with Crippen molar-refractivity contribution in [3.63, 3.8) is 0 Å². The maximum absolute atomic E-state index is 5.92. The van der Waals surface area contributed by atoms with Gasteiger partial charge in [0, 0.05) is 46.0 Å². The molecule has 6 nitrogen and oxygen atoms in total. The second-order valence-corrected chi connectivity index (χ2v) is 6.05. The predicted molar refractivity (Wildman–Crippen MR) is 107 cm³/mol. The minimum absolute atomic E-state index is 0. The highest BCUT2D eigenvalue weighted by molar-refractivity contribution is 14.0. The molecule has 2 heterocycles. The first-order valence-electron chi connectivity index (χ1n) is 9.19. The third-order valence-electron chi connectivity index (χ3n) is 4.27. The Morgan fingerprint density at radius 2 is 2.04 bits per heavy atom. The van der Waals surface area contributed by atoms with Crippen LogP contribution in [-0.4, -0.2) is 75.7 Å². The van der Waals surface area contributed by atoms with Crippen LogP contribution in [0.25, 0.3) is 0 Å². The number of nitrogens with one attached hydrogen (secondary N) is 1. The first-order chi connectivity index (χ1) is 11.3. The molecular weight excluding hydrogens is 421 g/mol. The van der Waals surface area contributed by atoms with Crippen LogP contribution in [0, 0.1) is 0 Å². The van der Waals surface area contributed by atoms with Crippen LogP contribution < -0.4 is 5.32 Å². The Bertz CT molecular complexity index is 352. The third kappa shape index (κ3) is 7.41. The maximum atomic E-state index is 5.92. The number of aliphatic imine (C=N–C) groups is 1. The zero-order chi connectivity index (χ0) is 16.3. The molecule has 0 aromatic carbocycles. The van der Waals surface area contributed by atoms with Gasteiger partial charge >= 0.3 is 0 Å². The molecule has 2 fully saturated rings. The van der Waals surface area contributed by atoms with E-state index in [1.54, 1.807) is 0 Å². The van der Waals surface area contributed by atoms with E-state index in [9.17, 15) is 0 Å². The largest absolute Gasteiger partial charge is 0.382 e. The summed E-state index contributed by atoms with van der Waals surface area (Å²) >= 11 is 0. The fourth-order valence-electron chi connectivity index (χ4n) is 3.06. The van der Waals surface area contributed by atoms with E-state index in [-0.39, 0.29) is 36.2 Å². The Balaban J connectivity index is 0.00000288. The summed E-state index contributed by atoms with van der Waals surface area (Å²) in [5.41, 5.74) is 0. The number of guanidine groups is 1. The van der Waals surface area contributed by atoms with E-state index in [4.69, 9.17) is 19.2 Å². The minimum Gasteiger partial charge on any atom is -0.382 e. The van der Waals surface area contributed by atoms with Crippen LogP contribution in [0.1, 0.15) is 39.5 Å². The van der Waals surface area contributed by atoms with Gasteiger partial charge in [-0.1, -0.05) is 0 Å². The van der Waals surface area contributed by atoms with E-state index in [0.29, 0.717) is 0 Å². The normalized spacial score (nSPS) is 24.8. The number of nitrogens with zero attached hydrogens (tertiary/aromatic N) is 2. The van der Waals surface area contributed by atoms with Gasteiger partial charge in [-0.2, -0.15) is 0 Å². The summed E-state index contributed by atoms with van der Waals surface area (Å²) in [6.07, 6.45) is 4.83. The lowest BCUT2D eigenvalue weighted by molar-refractivity contribution is -0.0817. The Morgan fingerprint density at radius 3 is 2.75 bits per heavy atom. The molecule has 0 spiro atoms. The van der Waals surface area contributed by atoms with E-state index in [0.717, 1.165) is 84.2 Å². The standard InChI is InChI=1S/C17H33N3O3.HI/c1-3-18-17(19-9-5-6-11-21-4-2)20-10-13-23-16(14-20)15-8-7-12-22-15;/h15-16H,3-14H2,1-2H3,(H,18,19);1H. The zero-order valence-corrected chi connectivity index (χ0v) is 17.5. The van der Waals surface area contributed by atoms with Gasteiger partial charge in [-0.3, -0.25) is 4.99 Å². The van der Waals surface area contributed by atoms with Crippen LogP contribution in [0.15, 0.2) is 4.99 Å². The van der Waals surface area contributed by atoms with Gasteiger partial charge in [0.15, 0.2) is 5.96 Å². The summed E-state index contributed by atoms with van der Waals surface area (Å²) in [5, 5.41) is 3.41. The highest BCUT2D eigenvalue weighted by Crippen LogP contribution is 2.21. The van der Waals surface area contributed by atoms with Crippen LogP contribution in [0.5, 0.6) is 0 Å². The molecule has 2 saturated heterocycles. The first-order valence-corrected chi connectivity index (χ1v) is 9.19. The van der Waals surface area contributed by atoms with E-state index in [1.165, 1.54) is 0 Å². The van der Waals surface area contributed by atoms with E-state index in [1.807, 2.05) is 6.92 Å². The summed E-state index contributed by atoms with van der Waals surface area (Å²) in [6, 6.07) is 0. The van der Waals surface area contributed by atoms with Crippen molar-refractivity contribution in [3.05, 3.63) is 0 Å². The highest BCUT2D eigenvalue weighted by atomic mass is 127. The molecule has 0 bridgehead atoms. The summed E-state index contributed by atoms with van der Waals surface area (Å²) in [4.78, 5) is 7.10. The van der Waals surface area contributed by atoms with Gasteiger partial charge in [-0.05, 0) is 39.5 Å². The maximum Gasteiger partial charge on any atom is 0.194 e. The van der Waals surface area contributed by atoms with Crippen LogP contribution in [0.3, 0.4) is 0 Å². The van der Waals surface area contributed by atoms with Crippen molar-refractivity contribution in [2.45, 2.75) is 51.7 Å². The van der Waals surface area contributed by atoms with Crippen molar-refractivity contribution < 1.29 is 14.2 Å². The van der Waals surface area contributed by atoms with Crippen molar-refractivity contribution in [2.75, 3.05) is 52.6 Å². The van der Waals surface area contributed by atoms with Crippen LogP contribution in [0.2, 0.25) is 0 Å². The lowest BCUT2D eigenvalue weighted by Crippen LogP contribution is -2.53. The molecule has 2 aliphatic heterocycles. The lowest BCUT2D eigenvalue weighted by atomic mass is 10.1. The first kappa shape index (κ1) is 21.9. The number of hydrogen-bond acceptors (Lipinski definition) is 4. The van der Waals surface area contributed by atoms with Gasteiger partial charge in [-0.15, -0.1) is 24.0 Å². The van der Waals surface area contributed by atoms with Gasteiger partial charge in [0.1, 0.15) is 6.10 Å². The molecule has 7 heteroatoms. The molecule has 0 aliphatic carbocycles. The SMILES string of the molecule is CCNC(=NCCCCOCC)N1CCOC(C2CCCO2)C1.I. The van der Waals surface area contributed by atoms with E-state index in [2.05, 4.69) is 17.1 Å². The lowest BCUT2D eigenvalue weighted by Gasteiger charge is -2.37. The molecule has 0 aromatic rings.